The van der Waals surface area contributed by atoms with Gasteiger partial charge in [-0.1, -0.05) is 17.7 Å². The molecule has 1 aromatic rings. The van der Waals surface area contributed by atoms with Crippen LogP contribution in [0, 0.1) is 6.92 Å². The van der Waals surface area contributed by atoms with Crippen LogP contribution in [0.3, 0.4) is 0 Å². The van der Waals surface area contributed by atoms with Crippen molar-refractivity contribution in [1.29, 1.82) is 0 Å². The predicted molar refractivity (Wildman–Crippen MR) is 46.9 cm³/mol. The summed E-state index contributed by atoms with van der Waals surface area (Å²) in [6.45, 7) is 1.87. The summed E-state index contributed by atoms with van der Waals surface area (Å²) < 4.78 is 28.9. The molecule has 0 aliphatic heterocycles. The van der Waals surface area contributed by atoms with Gasteiger partial charge in [0.2, 0.25) is 0 Å². The SMILES string of the molecule is Cc1ccc(O/C(F)=C(\F)Cl)cc1. The Balaban J connectivity index is 2.76. The second-order valence-corrected chi connectivity index (χ2v) is 2.78. The molecule has 0 heterocycles. The molecule has 1 aromatic carbocycles. The standard InChI is InChI=1S/C9H7ClF2O/c1-6-2-4-7(5-3-6)13-9(12)8(10)11/h2-5H,1H3/b9-8-. The lowest BCUT2D eigenvalue weighted by Gasteiger charge is -2.01. The van der Waals surface area contributed by atoms with E-state index in [1.807, 2.05) is 6.92 Å². The maximum absolute atomic E-state index is 12.5. The van der Waals surface area contributed by atoms with E-state index in [9.17, 15) is 8.78 Å². The fourth-order valence-electron chi connectivity index (χ4n) is 0.748. The molecule has 0 unspecified atom stereocenters. The Morgan fingerprint density at radius 3 is 2.23 bits per heavy atom. The highest BCUT2D eigenvalue weighted by Crippen LogP contribution is 2.19. The number of halogens is 3. The molecule has 0 aliphatic carbocycles. The van der Waals surface area contributed by atoms with Gasteiger partial charge < -0.3 is 4.74 Å². The maximum Gasteiger partial charge on any atom is 0.326 e. The first-order chi connectivity index (χ1) is 6.09. The van der Waals surface area contributed by atoms with Crippen molar-refractivity contribution in [2.45, 2.75) is 6.92 Å². The summed E-state index contributed by atoms with van der Waals surface area (Å²) in [5.74, 6) is 0.207. The van der Waals surface area contributed by atoms with Crippen molar-refractivity contribution in [3.8, 4) is 5.75 Å². The third-order valence-electron chi connectivity index (χ3n) is 1.38. The minimum absolute atomic E-state index is 0.207. The molecule has 0 bridgehead atoms. The minimum atomic E-state index is -1.49. The van der Waals surface area contributed by atoms with Crippen molar-refractivity contribution in [1.82, 2.24) is 0 Å². The molecule has 0 atom stereocenters. The van der Waals surface area contributed by atoms with Gasteiger partial charge in [0, 0.05) is 0 Å². The highest BCUT2D eigenvalue weighted by Gasteiger charge is 2.04. The van der Waals surface area contributed by atoms with Crippen molar-refractivity contribution >= 4 is 11.6 Å². The summed E-state index contributed by atoms with van der Waals surface area (Å²) in [5.41, 5.74) is 1.00. The maximum atomic E-state index is 12.5. The molecule has 0 fully saturated rings. The Morgan fingerprint density at radius 1 is 1.23 bits per heavy atom. The van der Waals surface area contributed by atoms with E-state index in [1.165, 1.54) is 12.1 Å². The first-order valence-corrected chi connectivity index (χ1v) is 3.92. The number of hydrogen-bond donors (Lipinski definition) is 0. The highest BCUT2D eigenvalue weighted by molar-refractivity contribution is 6.28. The molecule has 0 spiro atoms. The van der Waals surface area contributed by atoms with Crippen LogP contribution in [0.2, 0.25) is 0 Å². The summed E-state index contributed by atoms with van der Waals surface area (Å²) in [6, 6.07) is 5.05. The Labute approximate surface area is 79.6 Å². The summed E-state index contributed by atoms with van der Waals surface area (Å²) in [7, 11) is 0. The van der Waals surface area contributed by atoms with Gasteiger partial charge in [-0.25, -0.2) is 0 Å². The summed E-state index contributed by atoms with van der Waals surface area (Å²) in [5, 5.41) is -1.49. The number of rotatable bonds is 2. The van der Waals surface area contributed by atoms with Gasteiger partial charge >= 0.3 is 6.01 Å². The van der Waals surface area contributed by atoms with Gasteiger partial charge in [0.25, 0.3) is 5.29 Å². The average Bonchev–Trinajstić information content (AvgIpc) is 2.08. The van der Waals surface area contributed by atoms with Gasteiger partial charge in [0.05, 0.1) is 0 Å². The Morgan fingerprint density at radius 2 is 1.77 bits per heavy atom. The molecule has 1 rings (SSSR count). The van der Waals surface area contributed by atoms with Crippen LogP contribution in [0.1, 0.15) is 5.56 Å². The van der Waals surface area contributed by atoms with E-state index in [0.717, 1.165) is 5.56 Å². The molecule has 0 radical (unpaired) electrons. The van der Waals surface area contributed by atoms with Crippen molar-refractivity contribution in [2.24, 2.45) is 0 Å². The van der Waals surface area contributed by atoms with Crippen molar-refractivity contribution in [3.05, 3.63) is 41.1 Å². The first kappa shape index (κ1) is 9.99. The van der Waals surface area contributed by atoms with Crippen LogP contribution >= 0.6 is 11.6 Å². The molecular formula is C9H7ClF2O. The molecule has 0 N–H and O–H groups in total. The molecule has 0 saturated heterocycles. The number of benzene rings is 1. The molecule has 0 saturated carbocycles. The van der Waals surface area contributed by atoms with Crippen LogP contribution in [0.5, 0.6) is 5.75 Å². The minimum Gasteiger partial charge on any atom is -0.429 e. The predicted octanol–water partition coefficient (Wildman–Crippen LogP) is 3.68. The molecule has 0 aliphatic rings. The van der Waals surface area contributed by atoms with Crippen molar-refractivity contribution < 1.29 is 13.5 Å². The lowest BCUT2D eigenvalue weighted by Crippen LogP contribution is -1.89. The van der Waals surface area contributed by atoms with E-state index in [1.54, 1.807) is 12.1 Å². The monoisotopic (exact) mass is 204 g/mol. The summed E-state index contributed by atoms with van der Waals surface area (Å²) >= 11 is 4.72. The smallest absolute Gasteiger partial charge is 0.326 e. The van der Waals surface area contributed by atoms with E-state index >= 15 is 0 Å². The second kappa shape index (κ2) is 4.23. The molecule has 0 amide bonds. The zero-order chi connectivity index (χ0) is 9.84. The van der Waals surface area contributed by atoms with Gasteiger partial charge in [-0.15, -0.1) is 0 Å². The van der Waals surface area contributed by atoms with Crippen molar-refractivity contribution in [3.63, 3.8) is 0 Å². The van der Waals surface area contributed by atoms with E-state index in [-0.39, 0.29) is 5.75 Å². The molecule has 1 nitrogen and oxygen atoms in total. The van der Waals surface area contributed by atoms with Gasteiger partial charge in [0.1, 0.15) is 5.75 Å². The fourth-order valence-corrected chi connectivity index (χ4v) is 0.787. The number of aryl methyl sites for hydroxylation is 1. The highest BCUT2D eigenvalue weighted by atomic mass is 35.5. The van der Waals surface area contributed by atoms with Crippen LogP contribution in [0.4, 0.5) is 8.78 Å². The fraction of sp³-hybridized carbons (Fsp3) is 0.111. The molecule has 4 heteroatoms. The van der Waals surface area contributed by atoms with E-state index in [0.29, 0.717) is 0 Å². The Kier molecular flexibility index (Phi) is 3.25. The first-order valence-electron chi connectivity index (χ1n) is 3.55. The quantitative estimate of drug-likeness (QED) is 0.668. The zero-order valence-corrected chi connectivity index (χ0v) is 7.61. The average molecular weight is 205 g/mol. The van der Waals surface area contributed by atoms with Crippen LogP contribution in [-0.2, 0) is 0 Å². The third-order valence-corrected chi connectivity index (χ3v) is 1.53. The van der Waals surface area contributed by atoms with Gasteiger partial charge in [-0.05, 0) is 30.7 Å². The molecule has 0 aromatic heterocycles. The van der Waals surface area contributed by atoms with E-state index < -0.39 is 11.3 Å². The summed E-state index contributed by atoms with van der Waals surface area (Å²) in [6.07, 6.45) is 0. The largest absolute Gasteiger partial charge is 0.429 e. The lowest BCUT2D eigenvalue weighted by atomic mass is 10.2. The van der Waals surface area contributed by atoms with Crippen LogP contribution < -0.4 is 4.74 Å². The lowest BCUT2D eigenvalue weighted by molar-refractivity contribution is 0.285. The topological polar surface area (TPSA) is 9.23 Å². The van der Waals surface area contributed by atoms with Crippen LogP contribution in [-0.4, -0.2) is 0 Å². The Bertz CT molecular complexity index is 315. The van der Waals surface area contributed by atoms with Gasteiger partial charge in [-0.2, -0.15) is 8.78 Å². The van der Waals surface area contributed by atoms with E-state index in [2.05, 4.69) is 4.74 Å². The van der Waals surface area contributed by atoms with Gasteiger partial charge in [-0.3, -0.25) is 0 Å². The summed E-state index contributed by atoms with van der Waals surface area (Å²) in [4.78, 5) is 0. The molecular weight excluding hydrogens is 198 g/mol. The van der Waals surface area contributed by atoms with Crippen molar-refractivity contribution in [2.75, 3.05) is 0 Å². The zero-order valence-electron chi connectivity index (χ0n) is 6.85. The van der Waals surface area contributed by atoms with Crippen LogP contribution in [0.15, 0.2) is 35.6 Å². The number of hydrogen-bond acceptors (Lipinski definition) is 1. The molecule has 13 heavy (non-hydrogen) atoms. The normalized spacial score (nSPS) is 12.3. The molecule has 70 valence electrons. The number of ether oxygens (including phenoxy) is 1. The van der Waals surface area contributed by atoms with Gasteiger partial charge in [0.15, 0.2) is 0 Å². The third kappa shape index (κ3) is 3.03. The van der Waals surface area contributed by atoms with Crippen LogP contribution in [0.25, 0.3) is 0 Å². The second-order valence-electron chi connectivity index (χ2n) is 2.45. The van der Waals surface area contributed by atoms with E-state index in [4.69, 9.17) is 11.6 Å². The Hall–Kier alpha value is -1.09.